The maximum Gasteiger partial charge on any atom is 0.270 e. The smallest absolute Gasteiger partial charge is 0.270 e. The van der Waals surface area contributed by atoms with Crippen molar-refractivity contribution in [1.29, 1.82) is 0 Å². The summed E-state index contributed by atoms with van der Waals surface area (Å²) in [6.45, 7) is 0. The fourth-order valence-electron chi connectivity index (χ4n) is 3.78. The summed E-state index contributed by atoms with van der Waals surface area (Å²) in [5.41, 5.74) is 5.18. The first-order chi connectivity index (χ1) is 16.7. The fourth-order valence-corrected chi connectivity index (χ4v) is 4.70. The molecule has 0 saturated carbocycles. The fraction of sp³-hybridized carbons (Fsp3) is 0.0417. The van der Waals surface area contributed by atoms with E-state index in [1.54, 1.807) is 28.1 Å². The number of azo groups is 1. The van der Waals surface area contributed by atoms with Gasteiger partial charge in [0.25, 0.3) is 21.9 Å². The van der Waals surface area contributed by atoms with Crippen LogP contribution in [-0.4, -0.2) is 26.2 Å². The highest BCUT2D eigenvalue weighted by atomic mass is 35.5. The summed E-state index contributed by atoms with van der Waals surface area (Å²) < 4.78 is 1.05. The minimum Gasteiger partial charge on any atom is -1.00 e. The molecule has 174 valence electrons. The van der Waals surface area contributed by atoms with Gasteiger partial charge in [0.1, 0.15) is 0 Å². The Balaban J connectivity index is 0.00000253. The van der Waals surface area contributed by atoms with E-state index in [2.05, 4.69) is 15.6 Å². The highest BCUT2D eigenvalue weighted by molar-refractivity contribution is 7.22. The quantitative estimate of drug-likeness (QED) is 0.316. The minimum absolute atomic E-state index is 0. The van der Waals surface area contributed by atoms with Crippen molar-refractivity contribution < 1.29 is 17.2 Å². The number of H-pyrrole nitrogens is 2. The van der Waals surface area contributed by atoms with Crippen LogP contribution in [0.15, 0.2) is 93.6 Å². The summed E-state index contributed by atoms with van der Waals surface area (Å²) in [5, 5.41) is 12.6. The standard InChI is InChI=1S/C24H17N7O2S.ClH/c32-22-17-12-11-16(14-18(17)23(33)27-26-22)30-28-21(13-10-15-6-2-1-3-7-15)29-31(30)24-25-19-8-4-5-9-20(19)34-24;/h1-14,21,28-29H;1H. The first-order valence-corrected chi connectivity index (χ1v) is 11.4. The number of hydrazine groups is 2. The Labute approximate surface area is 208 Å². The highest BCUT2D eigenvalue weighted by Gasteiger charge is 2.36. The molecule has 0 aliphatic carbocycles. The van der Waals surface area contributed by atoms with Crippen molar-refractivity contribution >= 4 is 49.2 Å². The maximum atomic E-state index is 12.4. The second-order valence-electron chi connectivity index (χ2n) is 7.66. The molecule has 35 heavy (non-hydrogen) atoms. The molecule has 2 aromatic heterocycles. The van der Waals surface area contributed by atoms with Crippen LogP contribution in [0.4, 0.5) is 10.8 Å². The normalized spacial score (nSPS) is 15.6. The lowest BCUT2D eigenvalue weighted by atomic mass is 10.2. The molecule has 6 rings (SSSR count). The van der Waals surface area contributed by atoms with Gasteiger partial charge in [0.15, 0.2) is 0 Å². The average molecular weight is 504 g/mol. The van der Waals surface area contributed by atoms with Crippen LogP contribution in [0, 0.1) is 0 Å². The zero-order valence-corrected chi connectivity index (χ0v) is 19.6. The predicted molar refractivity (Wildman–Crippen MR) is 132 cm³/mol. The number of aromatic nitrogens is 3. The van der Waals surface area contributed by atoms with E-state index in [1.807, 2.05) is 66.7 Å². The number of benzene rings is 3. The van der Waals surface area contributed by atoms with E-state index in [1.165, 1.54) is 11.3 Å². The molecule has 1 aliphatic rings. The Morgan fingerprint density at radius 1 is 0.914 bits per heavy atom. The maximum absolute atomic E-state index is 12.4. The molecule has 11 heteroatoms. The highest BCUT2D eigenvalue weighted by Crippen LogP contribution is 2.32. The van der Waals surface area contributed by atoms with Crippen LogP contribution in [0.2, 0.25) is 0 Å². The van der Waals surface area contributed by atoms with Gasteiger partial charge in [-0.1, -0.05) is 59.9 Å². The third-order valence-electron chi connectivity index (χ3n) is 5.43. The molecule has 0 fully saturated rings. The minimum atomic E-state index is -0.379. The van der Waals surface area contributed by atoms with Crippen LogP contribution in [0.1, 0.15) is 5.56 Å². The number of hydrogen-bond acceptors (Lipinski definition) is 7. The van der Waals surface area contributed by atoms with Crippen molar-refractivity contribution in [1.82, 2.24) is 20.6 Å². The van der Waals surface area contributed by atoms with Crippen LogP contribution in [-0.2, 0) is 0 Å². The van der Waals surface area contributed by atoms with Gasteiger partial charge in [-0.05, 0) is 35.0 Å². The number of halogens is 1. The number of thiazole rings is 1. The summed E-state index contributed by atoms with van der Waals surface area (Å²) in [5.74, 6) is 0. The molecule has 0 amide bonds. The monoisotopic (exact) mass is 503 g/mol. The van der Waals surface area contributed by atoms with Crippen molar-refractivity contribution in [2.24, 2.45) is 5.11 Å². The third kappa shape index (κ3) is 4.26. The predicted octanol–water partition coefficient (Wildman–Crippen LogP) is 0.906. The molecule has 0 spiro atoms. The van der Waals surface area contributed by atoms with Gasteiger partial charge >= 0.3 is 0 Å². The Kier molecular flexibility index (Phi) is 6.00. The van der Waals surface area contributed by atoms with E-state index in [-0.39, 0.29) is 35.1 Å². The number of para-hydroxylation sites is 1. The van der Waals surface area contributed by atoms with Crippen molar-refractivity contribution in [3.8, 4) is 0 Å². The van der Waals surface area contributed by atoms with Crippen molar-refractivity contribution in [2.75, 3.05) is 5.12 Å². The second-order valence-corrected chi connectivity index (χ2v) is 8.67. The molecule has 1 aliphatic heterocycles. The molecule has 0 radical (unpaired) electrons. The van der Waals surface area contributed by atoms with E-state index in [4.69, 9.17) is 10.1 Å². The van der Waals surface area contributed by atoms with Gasteiger partial charge in [0.2, 0.25) is 6.17 Å². The average Bonchev–Trinajstić information content (AvgIpc) is 3.50. The van der Waals surface area contributed by atoms with Gasteiger partial charge in [-0.2, -0.15) is 0 Å². The van der Waals surface area contributed by atoms with Gasteiger partial charge in [-0.3, -0.25) is 19.8 Å². The number of nitrogens with one attached hydrogen (secondary N) is 3. The molecule has 3 heterocycles. The van der Waals surface area contributed by atoms with Gasteiger partial charge in [-0.25, -0.2) is 4.98 Å². The molecule has 0 saturated heterocycles. The molecule has 0 bridgehead atoms. The third-order valence-corrected chi connectivity index (χ3v) is 6.44. The topological polar surface area (TPSA) is 109 Å². The Hall–Kier alpha value is -4.12. The molecule has 1 unspecified atom stereocenters. The summed E-state index contributed by atoms with van der Waals surface area (Å²) in [4.78, 5) is 30.9. The molecule has 5 aromatic rings. The van der Waals surface area contributed by atoms with Crippen molar-refractivity contribution in [2.45, 2.75) is 6.17 Å². The van der Waals surface area contributed by atoms with E-state index in [0.717, 1.165) is 15.8 Å². The molecule has 3 N–H and O–H groups in total. The van der Waals surface area contributed by atoms with Crippen molar-refractivity contribution in [3.63, 3.8) is 0 Å². The van der Waals surface area contributed by atoms with E-state index in [9.17, 15) is 9.59 Å². The summed E-state index contributed by atoms with van der Waals surface area (Å²) in [6, 6.07) is 22.9. The zero-order valence-electron chi connectivity index (χ0n) is 18.1. The largest absolute Gasteiger partial charge is 1.00 e. The summed E-state index contributed by atoms with van der Waals surface area (Å²) in [6.07, 6.45) is 3.57. The zero-order chi connectivity index (χ0) is 23.1. The van der Waals surface area contributed by atoms with E-state index in [0.29, 0.717) is 16.2 Å². The number of rotatable bonds is 4. The lowest BCUT2D eigenvalue weighted by Gasteiger charge is -2.09. The molecule has 9 nitrogen and oxygen atoms in total. The van der Waals surface area contributed by atoms with Crippen LogP contribution in [0.3, 0.4) is 0 Å². The number of nitrogens with zero attached hydrogens (tertiary/aromatic N) is 4. The number of hydrogen-bond donors (Lipinski definition) is 3. The Bertz CT molecular complexity index is 1680. The van der Waals surface area contributed by atoms with Gasteiger partial charge in [-0.15, -0.1) is 5.43 Å². The van der Waals surface area contributed by atoms with Crippen LogP contribution in [0.5, 0.6) is 0 Å². The SMILES string of the molecule is O=c1[nH][nH]c(=O)c2cc([N+]3=NC(C=Cc4ccccc4)NN3c3nc4ccccc4s3)ccc12.[Cl-]. The van der Waals surface area contributed by atoms with E-state index >= 15 is 0 Å². The summed E-state index contributed by atoms with van der Waals surface area (Å²) >= 11 is 1.52. The molecule has 3 aromatic carbocycles. The molecule has 1 atom stereocenters. The number of anilines is 1. The lowest BCUT2D eigenvalue weighted by Crippen LogP contribution is -3.00. The van der Waals surface area contributed by atoms with Crippen LogP contribution in [0.25, 0.3) is 27.1 Å². The van der Waals surface area contributed by atoms with Crippen LogP contribution < -0.4 is 34.1 Å². The van der Waals surface area contributed by atoms with Gasteiger partial charge in [0, 0.05) is 17.2 Å². The van der Waals surface area contributed by atoms with Gasteiger partial charge < -0.3 is 12.4 Å². The lowest BCUT2D eigenvalue weighted by molar-refractivity contribution is -0.517. The summed E-state index contributed by atoms with van der Waals surface area (Å²) in [7, 11) is 0. The first-order valence-electron chi connectivity index (χ1n) is 10.6. The number of aromatic amines is 2. The first kappa shape index (κ1) is 22.7. The molecular weight excluding hydrogens is 486 g/mol. The Morgan fingerprint density at radius 3 is 2.46 bits per heavy atom. The van der Waals surface area contributed by atoms with E-state index < -0.39 is 0 Å². The molecular formula is C24H18ClN7O2S. The van der Waals surface area contributed by atoms with Crippen LogP contribution >= 0.6 is 11.3 Å². The second kappa shape index (κ2) is 9.26. The number of fused-ring (bicyclic) bond motifs is 2. The van der Waals surface area contributed by atoms with Gasteiger partial charge in [0.05, 0.1) is 25.8 Å². The Morgan fingerprint density at radius 2 is 1.66 bits per heavy atom. The van der Waals surface area contributed by atoms with Crippen molar-refractivity contribution in [3.05, 3.63) is 105 Å².